The van der Waals surface area contributed by atoms with Gasteiger partial charge in [-0.15, -0.1) is 0 Å². The fraction of sp³-hybridized carbons (Fsp3) is 0.444. The summed E-state index contributed by atoms with van der Waals surface area (Å²) in [6, 6.07) is 0.899. The molecule has 1 aromatic carbocycles. The molecule has 0 bridgehead atoms. The minimum atomic E-state index is -1.40. The molecule has 0 amide bonds. The summed E-state index contributed by atoms with van der Waals surface area (Å²) in [6.45, 7) is 1.39. The molecule has 8 heteroatoms. The highest BCUT2D eigenvalue weighted by molar-refractivity contribution is 5.94. The molecular weight excluding hydrogens is 344 g/mol. The van der Waals surface area contributed by atoms with Crippen molar-refractivity contribution in [3.05, 3.63) is 39.7 Å². The monoisotopic (exact) mass is 363 g/mol. The Bertz CT molecular complexity index is 969. The Balaban J connectivity index is 1.97. The van der Waals surface area contributed by atoms with Crippen molar-refractivity contribution in [2.75, 3.05) is 24.5 Å². The second kappa shape index (κ2) is 6.05. The first kappa shape index (κ1) is 17.0. The Morgan fingerprint density at radius 2 is 2.04 bits per heavy atom. The highest BCUT2D eigenvalue weighted by Gasteiger charge is 2.32. The number of pyridine rings is 1. The van der Waals surface area contributed by atoms with E-state index in [1.165, 1.54) is 10.8 Å². The Morgan fingerprint density at radius 3 is 2.62 bits per heavy atom. The standard InChI is InChI=1S/C18H19F2N3O3/c19-13-5-11-15(14(20)16(13)22-4-3-9(6-21)7-22)23(10-1-2-10)8-12(17(11)24)18(25)26/h5,8-10H,1-4,6-7,21H2,(H,25,26). The molecule has 26 heavy (non-hydrogen) atoms. The van der Waals surface area contributed by atoms with E-state index in [0.717, 1.165) is 25.3 Å². The molecule has 0 spiro atoms. The van der Waals surface area contributed by atoms with Gasteiger partial charge in [-0.2, -0.15) is 0 Å². The van der Waals surface area contributed by atoms with Crippen molar-refractivity contribution in [2.45, 2.75) is 25.3 Å². The number of carbonyl (C=O) groups is 1. The van der Waals surface area contributed by atoms with E-state index in [0.29, 0.717) is 19.6 Å². The number of nitrogens with zero attached hydrogens (tertiary/aromatic N) is 2. The van der Waals surface area contributed by atoms with Gasteiger partial charge in [-0.3, -0.25) is 4.79 Å². The Kier molecular flexibility index (Phi) is 3.95. The zero-order chi connectivity index (χ0) is 18.6. The van der Waals surface area contributed by atoms with E-state index in [9.17, 15) is 19.1 Å². The quantitative estimate of drug-likeness (QED) is 0.868. The molecule has 1 aliphatic carbocycles. The summed E-state index contributed by atoms with van der Waals surface area (Å²) < 4.78 is 31.6. The first-order chi connectivity index (χ1) is 12.4. The summed E-state index contributed by atoms with van der Waals surface area (Å²) in [5, 5.41) is 9.02. The number of carboxylic acids is 1. The SMILES string of the molecule is NCC1CCN(c2c(F)cc3c(=O)c(C(=O)O)cn(C4CC4)c3c2F)C1. The van der Waals surface area contributed by atoms with Crippen LogP contribution in [0.1, 0.15) is 35.7 Å². The summed E-state index contributed by atoms with van der Waals surface area (Å²) in [4.78, 5) is 25.4. The summed E-state index contributed by atoms with van der Waals surface area (Å²) in [6.07, 6.45) is 3.47. The van der Waals surface area contributed by atoms with Crippen LogP contribution in [0.5, 0.6) is 0 Å². The lowest BCUT2D eigenvalue weighted by Gasteiger charge is -2.22. The molecule has 1 aliphatic heterocycles. The molecule has 1 aromatic heterocycles. The largest absolute Gasteiger partial charge is 0.477 e. The average Bonchev–Trinajstić information content (AvgIpc) is 3.33. The Hall–Kier alpha value is -2.48. The van der Waals surface area contributed by atoms with E-state index in [-0.39, 0.29) is 28.6 Å². The number of halogens is 2. The lowest BCUT2D eigenvalue weighted by atomic mass is 10.1. The van der Waals surface area contributed by atoms with Crippen molar-refractivity contribution in [3.8, 4) is 0 Å². The molecule has 0 radical (unpaired) electrons. The van der Waals surface area contributed by atoms with Crippen LogP contribution >= 0.6 is 0 Å². The maximum absolute atomic E-state index is 15.4. The minimum Gasteiger partial charge on any atom is -0.477 e. The number of aromatic carboxylic acids is 1. The number of hydrogen-bond donors (Lipinski definition) is 2. The fourth-order valence-corrected chi connectivity index (χ4v) is 3.74. The Morgan fingerprint density at radius 1 is 1.31 bits per heavy atom. The van der Waals surface area contributed by atoms with E-state index in [2.05, 4.69) is 0 Å². The van der Waals surface area contributed by atoms with Gasteiger partial charge < -0.3 is 20.3 Å². The van der Waals surface area contributed by atoms with Crippen LogP contribution < -0.4 is 16.1 Å². The molecule has 2 aromatic rings. The van der Waals surface area contributed by atoms with Crippen LogP contribution in [-0.4, -0.2) is 35.3 Å². The lowest BCUT2D eigenvalue weighted by Crippen LogP contribution is -2.26. The van der Waals surface area contributed by atoms with Crippen LogP contribution in [0.2, 0.25) is 0 Å². The third-order valence-corrected chi connectivity index (χ3v) is 5.29. The van der Waals surface area contributed by atoms with Crippen molar-refractivity contribution in [1.29, 1.82) is 0 Å². The molecule has 6 nitrogen and oxygen atoms in total. The fourth-order valence-electron chi connectivity index (χ4n) is 3.74. The normalized spacial score (nSPS) is 20.1. The van der Waals surface area contributed by atoms with Crippen molar-refractivity contribution < 1.29 is 18.7 Å². The van der Waals surface area contributed by atoms with E-state index in [4.69, 9.17) is 5.73 Å². The summed E-state index contributed by atoms with van der Waals surface area (Å²) >= 11 is 0. The number of hydrogen-bond acceptors (Lipinski definition) is 4. The molecule has 4 rings (SSSR count). The van der Waals surface area contributed by atoms with Crippen molar-refractivity contribution >= 4 is 22.6 Å². The molecule has 1 atom stereocenters. The van der Waals surface area contributed by atoms with Gasteiger partial charge in [-0.1, -0.05) is 0 Å². The molecule has 2 fully saturated rings. The first-order valence-corrected chi connectivity index (χ1v) is 8.67. The maximum Gasteiger partial charge on any atom is 0.341 e. The van der Waals surface area contributed by atoms with Crippen molar-refractivity contribution in [3.63, 3.8) is 0 Å². The predicted molar refractivity (Wildman–Crippen MR) is 92.7 cm³/mol. The summed E-state index contributed by atoms with van der Waals surface area (Å²) in [5.41, 5.74) is 4.14. The van der Waals surface area contributed by atoms with Crippen LogP contribution in [-0.2, 0) is 0 Å². The minimum absolute atomic E-state index is 0.0184. The molecule has 1 saturated carbocycles. The van der Waals surface area contributed by atoms with Crippen LogP contribution in [0.25, 0.3) is 10.9 Å². The zero-order valence-electron chi connectivity index (χ0n) is 14.0. The van der Waals surface area contributed by atoms with E-state index < -0.39 is 28.6 Å². The molecule has 1 unspecified atom stereocenters. The lowest BCUT2D eigenvalue weighted by molar-refractivity contribution is 0.0695. The van der Waals surface area contributed by atoms with Gasteiger partial charge in [0.15, 0.2) is 5.82 Å². The average molecular weight is 363 g/mol. The van der Waals surface area contributed by atoms with Crippen LogP contribution in [0, 0.1) is 17.6 Å². The predicted octanol–water partition coefficient (Wildman–Crippen LogP) is 2.10. The number of anilines is 1. The molecule has 2 aliphatic rings. The topological polar surface area (TPSA) is 88.6 Å². The van der Waals surface area contributed by atoms with Gasteiger partial charge in [0, 0.05) is 25.3 Å². The molecular formula is C18H19F2N3O3. The van der Waals surface area contributed by atoms with Gasteiger partial charge in [-0.05, 0) is 37.8 Å². The van der Waals surface area contributed by atoms with Gasteiger partial charge >= 0.3 is 5.97 Å². The summed E-state index contributed by atoms with van der Waals surface area (Å²) in [7, 11) is 0. The van der Waals surface area contributed by atoms with Gasteiger partial charge in [-0.25, -0.2) is 13.6 Å². The van der Waals surface area contributed by atoms with E-state index >= 15 is 4.39 Å². The zero-order valence-corrected chi connectivity index (χ0v) is 14.0. The van der Waals surface area contributed by atoms with Crippen LogP contribution in [0.15, 0.2) is 17.1 Å². The number of rotatable bonds is 4. The van der Waals surface area contributed by atoms with E-state index in [1.807, 2.05) is 0 Å². The highest BCUT2D eigenvalue weighted by atomic mass is 19.1. The molecule has 3 N–H and O–H groups in total. The summed E-state index contributed by atoms with van der Waals surface area (Å²) in [5.74, 6) is -2.89. The number of nitrogens with two attached hydrogens (primary N) is 1. The number of benzene rings is 1. The second-order valence-electron chi connectivity index (χ2n) is 7.07. The highest BCUT2D eigenvalue weighted by Crippen LogP contribution is 2.40. The molecule has 1 saturated heterocycles. The smallest absolute Gasteiger partial charge is 0.341 e. The van der Waals surface area contributed by atoms with E-state index in [1.54, 1.807) is 4.90 Å². The van der Waals surface area contributed by atoms with Gasteiger partial charge in [0.2, 0.25) is 5.43 Å². The van der Waals surface area contributed by atoms with Gasteiger partial charge in [0.1, 0.15) is 17.1 Å². The molecule has 2 heterocycles. The molecule has 138 valence electrons. The van der Waals surface area contributed by atoms with Crippen molar-refractivity contribution in [2.24, 2.45) is 11.7 Å². The van der Waals surface area contributed by atoms with Gasteiger partial charge in [0.25, 0.3) is 0 Å². The van der Waals surface area contributed by atoms with Crippen LogP contribution in [0.4, 0.5) is 14.5 Å². The van der Waals surface area contributed by atoms with Crippen LogP contribution in [0.3, 0.4) is 0 Å². The second-order valence-corrected chi connectivity index (χ2v) is 7.07. The Labute approximate surface area is 147 Å². The third kappa shape index (κ3) is 2.56. The van der Waals surface area contributed by atoms with Gasteiger partial charge in [0.05, 0.1) is 10.9 Å². The van der Waals surface area contributed by atoms with Crippen molar-refractivity contribution in [1.82, 2.24) is 4.57 Å². The third-order valence-electron chi connectivity index (χ3n) is 5.29. The number of carboxylic acid groups (broad SMARTS) is 1. The first-order valence-electron chi connectivity index (χ1n) is 8.67. The number of fused-ring (bicyclic) bond motifs is 1. The maximum atomic E-state index is 15.4. The number of aromatic nitrogens is 1.